The summed E-state index contributed by atoms with van der Waals surface area (Å²) in [5.74, 6) is 0.716. The number of nitrogens with one attached hydrogen (secondary N) is 1. The summed E-state index contributed by atoms with van der Waals surface area (Å²) in [6.07, 6.45) is 0. The van der Waals surface area contributed by atoms with Crippen molar-refractivity contribution >= 4 is 5.91 Å². The highest BCUT2D eigenvalue weighted by atomic mass is 16.5. The molecule has 100 valence electrons. The van der Waals surface area contributed by atoms with E-state index in [2.05, 4.69) is 5.32 Å². The second-order valence-corrected chi connectivity index (χ2v) is 4.09. The van der Waals surface area contributed by atoms with Crippen LogP contribution in [0.2, 0.25) is 0 Å². The van der Waals surface area contributed by atoms with Crippen molar-refractivity contribution in [1.29, 1.82) is 0 Å². The molecule has 0 aliphatic rings. The normalized spacial score (nSPS) is 10.4. The van der Waals surface area contributed by atoms with Gasteiger partial charge >= 0.3 is 0 Å². The lowest BCUT2D eigenvalue weighted by atomic mass is 10.2. The highest BCUT2D eigenvalue weighted by molar-refractivity contribution is 5.77. The van der Waals surface area contributed by atoms with E-state index in [1.54, 1.807) is 19.1 Å². The van der Waals surface area contributed by atoms with Crippen molar-refractivity contribution in [2.75, 3.05) is 33.9 Å². The number of aliphatic hydroxyl groups is 1. The average molecular weight is 252 g/mol. The van der Waals surface area contributed by atoms with E-state index in [0.29, 0.717) is 13.1 Å². The van der Waals surface area contributed by atoms with Gasteiger partial charge in [0.1, 0.15) is 5.75 Å². The third kappa shape index (κ3) is 5.16. The van der Waals surface area contributed by atoms with E-state index in [-0.39, 0.29) is 19.1 Å². The van der Waals surface area contributed by atoms with E-state index in [0.717, 1.165) is 11.3 Å². The maximum absolute atomic E-state index is 11.6. The molecule has 1 aromatic rings. The van der Waals surface area contributed by atoms with Gasteiger partial charge in [-0.15, -0.1) is 0 Å². The Bertz CT molecular complexity index is 382. The molecule has 0 atom stereocenters. The molecule has 0 spiro atoms. The minimum absolute atomic E-state index is 0.0552. The predicted octanol–water partition coefficient (Wildman–Crippen LogP) is 0.235. The number of amides is 1. The van der Waals surface area contributed by atoms with E-state index in [4.69, 9.17) is 9.84 Å². The van der Waals surface area contributed by atoms with Crippen LogP contribution in [0.25, 0.3) is 0 Å². The average Bonchev–Trinajstić information content (AvgIpc) is 2.37. The molecule has 0 radical (unpaired) electrons. The molecule has 1 rings (SSSR count). The Labute approximate surface area is 107 Å². The number of hydrogen-bond acceptors (Lipinski definition) is 4. The van der Waals surface area contributed by atoms with Gasteiger partial charge in [-0.05, 0) is 24.7 Å². The molecule has 18 heavy (non-hydrogen) atoms. The fourth-order valence-corrected chi connectivity index (χ4v) is 1.53. The van der Waals surface area contributed by atoms with Gasteiger partial charge in [0, 0.05) is 13.1 Å². The molecule has 0 bridgehead atoms. The number of aliphatic hydroxyl groups excluding tert-OH is 1. The van der Waals surface area contributed by atoms with Crippen molar-refractivity contribution in [3.05, 3.63) is 29.8 Å². The minimum Gasteiger partial charge on any atom is -0.497 e. The Hall–Kier alpha value is -1.59. The van der Waals surface area contributed by atoms with Gasteiger partial charge in [0.25, 0.3) is 0 Å². The van der Waals surface area contributed by atoms with Gasteiger partial charge in [-0.25, -0.2) is 0 Å². The summed E-state index contributed by atoms with van der Waals surface area (Å²) in [6, 6.07) is 7.57. The Kier molecular flexibility index (Phi) is 6.18. The largest absolute Gasteiger partial charge is 0.497 e. The third-order valence-corrected chi connectivity index (χ3v) is 2.52. The van der Waals surface area contributed by atoms with Gasteiger partial charge in [-0.3, -0.25) is 9.69 Å². The summed E-state index contributed by atoms with van der Waals surface area (Å²) in [5.41, 5.74) is 0.993. The van der Waals surface area contributed by atoms with Crippen molar-refractivity contribution in [2.24, 2.45) is 0 Å². The molecule has 0 aliphatic carbocycles. The van der Waals surface area contributed by atoms with Crippen LogP contribution in [0.5, 0.6) is 5.75 Å². The van der Waals surface area contributed by atoms with Crippen LogP contribution >= 0.6 is 0 Å². The predicted molar refractivity (Wildman–Crippen MR) is 69.4 cm³/mol. The van der Waals surface area contributed by atoms with Gasteiger partial charge in [-0.1, -0.05) is 12.1 Å². The zero-order chi connectivity index (χ0) is 13.4. The SMILES string of the molecule is COc1cccc(CNC(=O)CN(C)CCO)c1. The van der Waals surface area contributed by atoms with Crippen LogP contribution in [-0.2, 0) is 11.3 Å². The lowest BCUT2D eigenvalue weighted by Crippen LogP contribution is -2.36. The molecule has 0 fully saturated rings. The molecular weight excluding hydrogens is 232 g/mol. The smallest absolute Gasteiger partial charge is 0.234 e. The molecule has 5 heteroatoms. The van der Waals surface area contributed by atoms with Crippen LogP contribution in [0.15, 0.2) is 24.3 Å². The van der Waals surface area contributed by atoms with Gasteiger partial charge < -0.3 is 15.2 Å². The van der Waals surface area contributed by atoms with E-state index >= 15 is 0 Å². The van der Waals surface area contributed by atoms with Crippen LogP contribution in [0.3, 0.4) is 0 Å². The number of rotatable bonds is 7. The Morgan fingerprint density at radius 2 is 2.28 bits per heavy atom. The van der Waals surface area contributed by atoms with Crippen LogP contribution < -0.4 is 10.1 Å². The highest BCUT2D eigenvalue weighted by Crippen LogP contribution is 2.11. The standard InChI is InChI=1S/C13H20N2O3/c1-15(6-7-16)10-13(17)14-9-11-4-3-5-12(8-11)18-2/h3-5,8,16H,6-7,9-10H2,1-2H3,(H,14,17). The third-order valence-electron chi connectivity index (χ3n) is 2.52. The molecule has 1 amide bonds. The molecule has 1 aromatic carbocycles. The van der Waals surface area contributed by atoms with Gasteiger partial charge in [-0.2, -0.15) is 0 Å². The molecule has 0 aliphatic heterocycles. The van der Waals surface area contributed by atoms with Crippen LogP contribution in [0.1, 0.15) is 5.56 Å². The zero-order valence-corrected chi connectivity index (χ0v) is 10.8. The maximum atomic E-state index is 11.6. The number of carbonyl (C=O) groups excluding carboxylic acids is 1. The van der Waals surface area contributed by atoms with Crippen molar-refractivity contribution in [3.63, 3.8) is 0 Å². The summed E-state index contributed by atoms with van der Waals surface area (Å²) in [6.45, 7) is 1.31. The van der Waals surface area contributed by atoms with Gasteiger partial charge in [0.15, 0.2) is 0 Å². The van der Waals surface area contributed by atoms with E-state index in [1.807, 2.05) is 24.3 Å². The fourth-order valence-electron chi connectivity index (χ4n) is 1.53. The summed E-state index contributed by atoms with van der Waals surface area (Å²) in [4.78, 5) is 13.4. The first-order valence-corrected chi connectivity index (χ1v) is 5.84. The number of nitrogens with zero attached hydrogens (tertiary/aromatic N) is 1. The summed E-state index contributed by atoms with van der Waals surface area (Å²) >= 11 is 0. The molecule has 2 N–H and O–H groups in total. The molecule has 5 nitrogen and oxygen atoms in total. The van der Waals surface area contributed by atoms with Crippen LogP contribution in [0, 0.1) is 0 Å². The zero-order valence-electron chi connectivity index (χ0n) is 10.8. The highest BCUT2D eigenvalue weighted by Gasteiger charge is 2.05. The van der Waals surface area contributed by atoms with Crippen molar-refractivity contribution in [3.8, 4) is 5.75 Å². The van der Waals surface area contributed by atoms with E-state index in [9.17, 15) is 4.79 Å². The van der Waals surface area contributed by atoms with Crippen LogP contribution in [0.4, 0.5) is 0 Å². The Morgan fingerprint density at radius 3 is 2.94 bits per heavy atom. The molecule has 0 saturated heterocycles. The summed E-state index contributed by atoms with van der Waals surface area (Å²) in [5, 5.41) is 11.5. The molecule has 0 aromatic heterocycles. The maximum Gasteiger partial charge on any atom is 0.234 e. The topological polar surface area (TPSA) is 61.8 Å². The number of ether oxygens (including phenoxy) is 1. The quantitative estimate of drug-likeness (QED) is 0.729. The Balaban J connectivity index is 2.37. The second kappa shape index (κ2) is 7.68. The monoisotopic (exact) mass is 252 g/mol. The first-order chi connectivity index (χ1) is 8.65. The summed E-state index contributed by atoms with van der Waals surface area (Å²) < 4.78 is 5.11. The van der Waals surface area contributed by atoms with Gasteiger partial charge in [0.05, 0.1) is 20.3 Å². The van der Waals surface area contributed by atoms with Crippen molar-refractivity contribution < 1.29 is 14.6 Å². The molecule has 0 heterocycles. The lowest BCUT2D eigenvalue weighted by molar-refractivity contribution is -0.122. The van der Waals surface area contributed by atoms with Crippen LogP contribution in [-0.4, -0.2) is 49.8 Å². The molecule has 0 saturated carbocycles. The van der Waals surface area contributed by atoms with Crippen molar-refractivity contribution in [2.45, 2.75) is 6.54 Å². The Morgan fingerprint density at radius 1 is 1.50 bits per heavy atom. The lowest BCUT2D eigenvalue weighted by Gasteiger charge is -2.14. The molecular formula is C13H20N2O3. The fraction of sp³-hybridized carbons (Fsp3) is 0.462. The molecule has 0 unspecified atom stereocenters. The summed E-state index contributed by atoms with van der Waals surface area (Å²) in [7, 11) is 3.41. The first-order valence-electron chi connectivity index (χ1n) is 5.84. The first kappa shape index (κ1) is 14.5. The number of carbonyl (C=O) groups is 1. The van der Waals surface area contributed by atoms with E-state index in [1.165, 1.54) is 0 Å². The van der Waals surface area contributed by atoms with Crippen molar-refractivity contribution in [1.82, 2.24) is 10.2 Å². The number of methoxy groups -OCH3 is 1. The number of benzene rings is 1. The number of likely N-dealkylation sites (N-methyl/N-ethyl adjacent to an activating group) is 1. The number of hydrogen-bond donors (Lipinski definition) is 2. The minimum atomic E-state index is -0.0613. The van der Waals surface area contributed by atoms with E-state index < -0.39 is 0 Å². The van der Waals surface area contributed by atoms with Gasteiger partial charge in [0.2, 0.25) is 5.91 Å². The second-order valence-electron chi connectivity index (χ2n) is 4.09.